The number of hydrogen-bond donors (Lipinski definition) is 0. The van der Waals surface area contributed by atoms with E-state index in [1.165, 1.54) is 31.9 Å². The average Bonchev–Trinajstić information content (AvgIpc) is 3.05. The third-order valence-electron chi connectivity index (χ3n) is 4.29. The maximum Gasteiger partial charge on any atom is 0.261 e. The Labute approximate surface area is 141 Å². The molecular formula is C16H20ClN3O2S. The molecule has 0 aliphatic carbocycles. The van der Waals surface area contributed by atoms with Gasteiger partial charge in [0.1, 0.15) is 0 Å². The van der Waals surface area contributed by atoms with E-state index in [-0.39, 0.29) is 16.0 Å². The molecule has 124 valence electrons. The van der Waals surface area contributed by atoms with E-state index in [1.807, 2.05) is 0 Å². The van der Waals surface area contributed by atoms with Crippen molar-refractivity contribution in [2.75, 3.05) is 13.1 Å². The topological polar surface area (TPSA) is 55.2 Å². The highest BCUT2D eigenvalue weighted by Crippen LogP contribution is 2.33. The van der Waals surface area contributed by atoms with Crippen LogP contribution in [0.3, 0.4) is 0 Å². The molecule has 1 atom stereocenters. The van der Waals surface area contributed by atoms with E-state index in [0.29, 0.717) is 13.1 Å². The van der Waals surface area contributed by atoms with Gasteiger partial charge in [0.05, 0.1) is 11.2 Å². The number of hydrogen-bond acceptors (Lipinski definition) is 3. The van der Waals surface area contributed by atoms with Crippen LogP contribution in [0.2, 0.25) is 5.02 Å². The lowest BCUT2D eigenvalue weighted by Crippen LogP contribution is -2.30. The Kier molecular flexibility index (Phi) is 4.25. The van der Waals surface area contributed by atoms with Crippen molar-refractivity contribution in [3.05, 3.63) is 46.1 Å². The number of rotatable bonds is 3. The zero-order chi connectivity index (χ0) is 16.8. The van der Waals surface area contributed by atoms with Crippen LogP contribution >= 0.6 is 11.6 Å². The van der Waals surface area contributed by atoms with Gasteiger partial charge in [-0.05, 0) is 31.7 Å². The molecule has 1 aromatic carbocycles. The molecule has 0 bridgehead atoms. The molecule has 1 aliphatic heterocycles. The Balaban J connectivity index is 1.87. The van der Waals surface area contributed by atoms with Crippen molar-refractivity contribution in [1.82, 2.24) is 14.1 Å². The number of benzene rings is 1. The summed E-state index contributed by atoms with van der Waals surface area (Å²) in [5.41, 5.74) is 3.61. The Morgan fingerprint density at radius 2 is 1.87 bits per heavy atom. The van der Waals surface area contributed by atoms with Crippen molar-refractivity contribution < 1.29 is 8.42 Å². The summed E-state index contributed by atoms with van der Waals surface area (Å²) < 4.78 is 28.5. The number of aryl methyl sites for hydroxylation is 3. The molecule has 0 spiro atoms. The SMILES string of the molecule is Cc1cc(C)cc(C2CCN(S(=O)(=O)c3c(Cl)cnn3C)C2)c1. The van der Waals surface area contributed by atoms with Crippen LogP contribution < -0.4 is 0 Å². The molecule has 1 aliphatic rings. The highest BCUT2D eigenvalue weighted by atomic mass is 35.5. The normalized spacial score (nSPS) is 19.4. The molecule has 0 N–H and O–H groups in total. The van der Waals surface area contributed by atoms with Crippen molar-refractivity contribution >= 4 is 21.6 Å². The lowest BCUT2D eigenvalue weighted by Gasteiger charge is -2.17. The van der Waals surface area contributed by atoms with E-state index >= 15 is 0 Å². The molecule has 0 saturated carbocycles. The quantitative estimate of drug-likeness (QED) is 0.852. The lowest BCUT2D eigenvalue weighted by molar-refractivity contribution is 0.463. The van der Waals surface area contributed by atoms with Gasteiger partial charge >= 0.3 is 0 Å². The minimum atomic E-state index is -3.62. The lowest BCUT2D eigenvalue weighted by atomic mass is 9.95. The Morgan fingerprint density at radius 1 is 1.22 bits per heavy atom. The first kappa shape index (κ1) is 16.5. The maximum absolute atomic E-state index is 12.8. The predicted molar refractivity (Wildman–Crippen MR) is 90.3 cm³/mol. The third-order valence-corrected chi connectivity index (χ3v) is 6.67. The van der Waals surface area contributed by atoms with Gasteiger partial charge in [-0.3, -0.25) is 4.68 Å². The molecule has 0 radical (unpaired) electrons. The van der Waals surface area contributed by atoms with Crippen molar-refractivity contribution in [1.29, 1.82) is 0 Å². The Morgan fingerprint density at radius 3 is 2.43 bits per heavy atom. The largest absolute Gasteiger partial charge is 0.261 e. The monoisotopic (exact) mass is 353 g/mol. The smallest absolute Gasteiger partial charge is 0.255 e. The van der Waals surface area contributed by atoms with Crippen LogP contribution in [0.15, 0.2) is 29.4 Å². The molecule has 7 heteroatoms. The van der Waals surface area contributed by atoms with E-state index < -0.39 is 10.0 Å². The molecule has 0 amide bonds. The van der Waals surface area contributed by atoms with Gasteiger partial charge in [0.2, 0.25) is 0 Å². The molecule has 1 fully saturated rings. The summed E-state index contributed by atoms with van der Waals surface area (Å²) in [5.74, 6) is 0.218. The minimum Gasteiger partial charge on any atom is -0.255 e. The summed E-state index contributed by atoms with van der Waals surface area (Å²) in [4.78, 5) is 0. The second-order valence-electron chi connectivity index (χ2n) is 6.19. The predicted octanol–water partition coefficient (Wildman–Crippen LogP) is 2.87. The van der Waals surface area contributed by atoms with E-state index in [9.17, 15) is 8.42 Å². The van der Waals surface area contributed by atoms with Crippen molar-refractivity contribution in [2.24, 2.45) is 7.05 Å². The summed E-state index contributed by atoms with van der Waals surface area (Å²) >= 11 is 6.01. The number of aromatic nitrogens is 2. The van der Waals surface area contributed by atoms with Crippen molar-refractivity contribution in [2.45, 2.75) is 31.2 Å². The molecule has 3 rings (SSSR count). The number of nitrogens with zero attached hydrogens (tertiary/aromatic N) is 3. The Hall–Kier alpha value is -1.37. The number of sulfonamides is 1. The second kappa shape index (κ2) is 5.92. The highest BCUT2D eigenvalue weighted by molar-refractivity contribution is 7.89. The summed E-state index contributed by atoms with van der Waals surface area (Å²) in [6.45, 7) is 5.11. The third kappa shape index (κ3) is 3.03. The van der Waals surface area contributed by atoms with Crippen LogP contribution in [0, 0.1) is 13.8 Å². The van der Waals surface area contributed by atoms with Crippen LogP contribution in [-0.4, -0.2) is 35.6 Å². The fraction of sp³-hybridized carbons (Fsp3) is 0.438. The number of halogens is 1. The minimum absolute atomic E-state index is 0.0697. The van der Waals surface area contributed by atoms with Crippen LogP contribution in [0.1, 0.15) is 29.0 Å². The van der Waals surface area contributed by atoms with Crippen molar-refractivity contribution in [3.8, 4) is 0 Å². The first-order valence-corrected chi connectivity index (χ1v) is 9.36. The van der Waals surface area contributed by atoms with Crippen molar-refractivity contribution in [3.63, 3.8) is 0 Å². The molecule has 2 heterocycles. The van der Waals surface area contributed by atoms with Gasteiger partial charge in [0, 0.05) is 20.1 Å². The second-order valence-corrected chi connectivity index (χ2v) is 8.45. The zero-order valence-corrected chi connectivity index (χ0v) is 15.0. The molecule has 1 unspecified atom stereocenters. The first-order chi connectivity index (χ1) is 10.8. The summed E-state index contributed by atoms with van der Waals surface area (Å²) in [5, 5.41) is 4.17. The van der Waals surface area contributed by atoms with Gasteiger partial charge in [-0.2, -0.15) is 9.40 Å². The Bertz CT molecular complexity index is 805. The molecule has 1 aromatic heterocycles. The fourth-order valence-corrected chi connectivity index (χ4v) is 5.38. The van der Waals surface area contributed by atoms with Crippen LogP contribution in [-0.2, 0) is 17.1 Å². The van der Waals surface area contributed by atoms with Gasteiger partial charge < -0.3 is 0 Å². The average molecular weight is 354 g/mol. The highest BCUT2D eigenvalue weighted by Gasteiger charge is 2.36. The van der Waals surface area contributed by atoms with E-state index in [1.54, 1.807) is 7.05 Å². The van der Waals surface area contributed by atoms with Crippen LogP contribution in [0.5, 0.6) is 0 Å². The maximum atomic E-state index is 12.8. The van der Waals surface area contributed by atoms with Crippen LogP contribution in [0.25, 0.3) is 0 Å². The fourth-order valence-electron chi connectivity index (χ4n) is 3.28. The zero-order valence-electron chi connectivity index (χ0n) is 13.5. The van der Waals surface area contributed by atoms with E-state index in [2.05, 4.69) is 37.1 Å². The molecule has 1 saturated heterocycles. The van der Waals surface area contributed by atoms with Crippen LogP contribution in [0.4, 0.5) is 0 Å². The standard InChI is InChI=1S/C16H20ClN3O2S/c1-11-6-12(2)8-14(7-11)13-4-5-20(10-13)23(21,22)16-15(17)9-18-19(16)3/h6-9,13H,4-5,10H2,1-3H3. The summed E-state index contributed by atoms with van der Waals surface area (Å²) in [7, 11) is -2.02. The molecule has 5 nitrogen and oxygen atoms in total. The van der Waals surface area contributed by atoms with E-state index in [4.69, 9.17) is 11.6 Å². The summed E-state index contributed by atoms with van der Waals surface area (Å²) in [6.07, 6.45) is 2.18. The first-order valence-electron chi connectivity index (χ1n) is 7.55. The van der Waals surface area contributed by atoms with Gasteiger partial charge in [0.25, 0.3) is 10.0 Å². The van der Waals surface area contributed by atoms with E-state index in [0.717, 1.165) is 6.42 Å². The van der Waals surface area contributed by atoms with Gasteiger partial charge in [-0.15, -0.1) is 0 Å². The molecule has 23 heavy (non-hydrogen) atoms. The molecule has 2 aromatic rings. The summed E-state index contributed by atoms with van der Waals surface area (Å²) in [6, 6.07) is 6.41. The van der Waals surface area contributed by atoms with Gasteiger partial charge in [-0.1, -0.05) is 40.9 Å². The molecular weight excluding hydrogens is 334 g/mol. The van der Waals surface area contributed by atoms with Gasteiger partial charge in [0.15, 0.2) is 5.03 Å². The van der Waals surface area contributed by atoms with Gasteiger partial charge in [-0.25, -0.2) is 8.42 Å².